The first-order valence-electron chi connectivity index (χ1n) is 7.30. The molecule has 0 saturated carbocycles. The number of ether oxygens (including phenoxy) is 1. The van der Waals surface area contributed by atoms with Gasteiger partial charge in [0.05, 0.1) is 6.10 Å². The zero-order valence-corrected chi connectivity index (χ0v) is 12.6. The number of nitrogens with zero attached hydrogens (tertiary/aromatic N) is 1. The number of nitrogen functional groups attached to an aromatic ring is 1. The lowest BCUT2D eigenvalue weighted by atomic mass is 9.95. The second-order valence-corrected chi connectivity index (χ2v) is 6.82. The van der Waals surface area contributed by atoms with E-state index in [4.69, 9.17) is 20.9 Å². The highest BCUT2D eigenvalue weighted by atomic mass is 32.2. The minimum atomic E-state index is 0.125. The summed E-state index contributed by atoms with van der Waals surface area (Å²) in [6.07, 6.45) is 5.84. The molecule has 2 heterocycles. The molecule has 3 rings (SSSR count). The third kappa shape index (κ3) is 2.69. The fraction of sp³-hybridized carbons (Fsp3) is 0.600. The predicted octanol–water partition coefficient (Wildman–Crippen LogP) is 2.51. The summed E-state index contributed by atoms with van der Waals surface area (Å²) < 4.78 is 5.62. The molecule has 1 aromatic heterocycles. The lowest BCUT2D eigenvalue weighted by Gasteiger charge is -2.20. The first-order valence-corrected chi connectivity index (χ1v) is 8.18. The van der Waals surface area contributed by atoms with Crippen molar-refractivity contribution in [1.82, 2.24) is 4.98 Å². The molecular weight excluding hydrogens is 270 g/mol. The van der Waals surface area contributed by atoms with Gasteiger partial charge in [-0.3, -0.25) is 5.41 Å². The fourth-order valence-electron chi connectivity index (χ4n) is 2.91. The monoisotopic (exact) mass is 291 g/mol. The van der Waals surface area contributed by atoms with Crippen molar-refractivity contribution in [3.05, 3.63) is 22.9 Å². The summed E-state index contributed by atoms with van der Waals surface area (Å²) in [5.74, 6) is 0.125. The van der Waals surface area contributed by atoms with Crippen LogP contribution in [0.25, 0.3) is 0 Å². The van der Waals surface area contributed by atoms with Gasteiger partial charge in [0.1, 0.15) is 10.9 Å². The van der Waals surface area contributed by atoms with Crippen LogP contribution in [0.5, 0.6) is 0 Å². The first-order chi connectivity index (χ1) is 9.65. The Hall–Kier alpha value is -1.07. The smallest absolute Gasteiger partial charge is 0.125 e. The number of hydrogen-bond acceptors (Lipinski definition) is 4. The van der Waals surface area contributed by atoms with E-state index < -0.39 is 0 Å². The largest absolute Gasteiger partial charge is 0.384 e. The van der Waals surface area contributed by atoms with E-state index in [2.05, 4.69) is 13.0 Å². The minimum Gasteiger partial charge on any atom is -0.384 e. The van der Waals surface area contributed by atoms with Crippen molar-refractivity contribution in [1.29, 1.82) is 5.41 Å². The number of nitrogens with two attached hydrogens (primary N) is 1. The van der Waals surface area contributed by atoms with Gasteiger partial charge in [0.25, 0.3) is 0 Å². The molecule has 1 aliphatic heterocycles. The number of aromatic nitrogens is 1. The van der Waals surface area contributed by atoms with Gasteiger partial charge in [-0.25, -0.2) is 4.98 Å². The van der Waals surface area contributed by atoms with Crippen LogP contribution in [-0.4, -0.2) is 28.8 Å². The maximum atomic E-state index is 7.81. The molecule has 4 nitrogen and oxygen atoms in total. The molecule has 20 heavy (non-hydrogen) atoms. The minimum absolute atomic E-state index is 0.125. The summed E-state index contributed by atoms with van der Waals surface area (Å²) in [5, 5.41) is 9.15. The van der Waals surface area contributed by atoms with Crippen molar-refractivity contribution in [3.8, 4) is 0 Å². The van der Waals surface area contributed by atoms with E-state index in [0.717, 1.165) is 36.5 Å². The van der Waals surface area contributed by atoms with Crippen LogP contribution in [-0.2, 0) is 17.6 Å². The van der Waals surface area contributed by atoms with Crippen molar-refractivity contribution < 1.29 is 4.74 Å². The van der Waals surface area contributed by atoms with Crippen LogP contribution in [0.2, 0.25) is 0 Å². The average Bonchev–Trinajstić information content (AvgIpc) is 2.83. The SMILES string of the molecule is CC1OCCC1Sc1nc2c(cc1C(=N)N)CCCC2. The number of pyridine rings is 1. The standard InChI is InChI=1S/C15H21N3OS/c1-9-13(6-7-19-9)20-15-11(14(16)17)8-10-4-2-3-5-12(10)18-15/h8-9,13H,2-7H2,1H3,(H3,16,17). The average molecular weight is 291 g/mol. The van der Waals surface area contributed by atoms with Crippen molar-refractivity contribution in [2.45, 2.75) is 55.4 Å². The van der Waals surface area contributed by atoms with Crippen molar-refractivity contribution >= 4 is 17.6 Å². The zero-order chi connectivity index (χ0) is 14.1. The number of rotatable bonds is 3. The van der Waals surface area contributed by atoms with Gasteiger partial charge in [-0.2, -0.15) is 0 Å². The normalized spacial score (nSPS) is 25.4. The number of fused-ring (bicyclic) bond motifs is 1. The third-order valence-corrected chi connectivity index (χ3v) is 5.58. The molecule has 1 aliphatic carbocycles. The van der Waals surface area contributed by atoms with Gasteiger partial charge < -0.3 is 10.5 Å². The second-order valence-electron chi connectivity index (χ2n) is 5.59. The summed E-state index contributed by atoms with van der Waals surface area (Å²) >= 11 is 1.73. The van der Waals surface area contributed by atoms with Gasteiger partial charge in [0.2, 0.25) is 0 Å². The molecule has 1 aromatic rings. The van der Waals surface area contributed by atoms with E-state index in [1.807, 2.05) is 0 Å². The Balaban J connectivity index is 1.93. The van der Waals surface area contributed by atoms with Crippen molar-refractivity contribution in [3.63, 3.8) is 0 Å². The molecule has 0 radical (unpaired) electrons. The van der Waals surface area contributed by atoms with Gasteiger partial charge >= 0.3 is 0 Å². The summed E-state index contributed by atoms with van der Waals surface area (Å²) in [5.41, 5.74) is 9.04. The highest BCUT2D eigenvalue weighted by Gasteiger charge is 2.27. The lowest BCUT2D eigenvalue weighted by Crippen LogP contribution is -2.19. The van der Waals surface area contributed by atoms with Crippen LogP contribution in [0, 0.1) is 5.41 Å². The molecule has 1 fully saturated rings. The summed E-state index contributed by atoms with van der Waals surface area (Å²) in [4.78, 5) is 4.82. The Morgan fingerprint density at radius 1 is 1.45 bits per heavy atom. The molecule has 0 amide bonds. The van der Waals surface area contributed by atoms with E-state index in [9.17, 15) is 0 Å². The molecule has 0 spiro atoms. The van der Waals surface area contributed by atoms with Crippen LogP contribution in [0.15, 0.2) is 11.1 Å². The van der Waals surface area contributed by atoms with E-state index in [1.54, 1.807) is 11.8 Å². The van der Waals surface area contributed by atoms with Crippen molar-refractivity contribution in [2.75, 3.05) is 6.61 Å². The molecular formula is C15H21N3OS. The van der Waals surface area contributed by atoms with E-state index >= 15 is 0 Å². The quantitative estimate of drug-likeness (QED) is 0.663. The topological polar surface area (TPSA) is 72.0 Å². The molecule has 1 saturated heterocycles. The van der Waals surface area contributed by atoms with E-state index in [-0.39, 0.29) is 11.9 Å². The fourth-order valence-corrected chi connectivity index (χ4v) is 4.14. The highest BCUT2D eigenvalue weighted by molar-refractivity contribution is 8.00. The van der Waals surface area contributed by atoms with E-state index in [1.165, 1.54) is 24.1 Å². The molecule has 2 unspecified atom stereocenters. The summed E-state index contributed by atoms with van der Waals surface area (Å²) in [6.45, 7) is 2.93. The third-order valence-electron chi connectivity index (χ3n) is 4.13. The Bertz CT molecular complexity index is 532. The van der Waals surface area contributed by atoms with Crippen molar-refractivity contribution in [2.24, 2.45) is 5.73 Å². The van der Waals surface area contributed by atoms with Gasteiger partial charge in [0, 0.05) is 23.1 Å². The van der Waals surface area contributed by atoms with Gasteiger partial charge in [-0.05, 0) is 50.7 Å². The summed E-state index contributed by atoms with van der Waals surface area (Å²) in [7, 11) is 0. The zero-order valence-electron chi connectivity index (χ0n) is 11.8. The Morgan fingerprint density at radius 3 is 2.95 bits per heavy atom. The summed E-state index contributed by atoms with van der Waals surface area (Å²) in [6, 6.07) is 2.09. The molecule has 2 atom stereocenters. The number of nitrogens with one attached hydrogen (secondary N) is 1. The Morgan fingerprint density at radius 2 is 2.25 bits per heavy atom. The van der Waals surface area contributed by atoms with Crippen LogP contribution >= 0.6 is 11.8 Å². The highest BCUT2D eigenvalue weighted by Crippen LogP contribution is 2.35. The number of hydrogen-bond donors (Lipinski definition) is 2. The van der Waals surface area contributed by atoms with Gasteiger partial charge in [-0.1, -0.05) is 11.8 Å². The molecule has 5 heteroatoms. The Labute approximate surface area is 124 Å². The Kier molecular flexibility index (Phi) is 3.98. The number of amidine groups is 1. The van der Waals surface area contributed by atoms with E-state index in [0.29, 0.717) is 5.25 Å². The maximum Gasteiger partial charge on any atom is 0.125 e. The molecule has 108 valence electrons. The molecule has 3 N–H and O–H groups in total. The van der Waals surface area contributed by atoms with Crippen LogP contribution < -0.4 is 5.73 Å². The molecule has 0 aromatic carbocycles. The van der Waals surface area contributed by atoms with Gasteiger partial charge in [0.15, 0.2) is 0 Å². The number of aryl methyl sites for hydroxylation is 2. The first kappa shape index (κ1) is 13.9. The van der Waals surface area contributed by atoms with Crippen LogP contribution in [0.1, 0.15) is 43.0 Å². The number of thioether (sulfide) groups is 1. The maximum absolute atomic E-state index is 7.81. The lowest BCUT2D eigenvalue weighted by molar-refractivity contribution is 0.127. The second kappa shape index (κ2) is 5.74. The van der Waals surface area contributed by atoms with Crippen LogP contribution in [0.4, 0.5) is 0 Å². The van der Waals surface area contributed by atoms with Crippen LogP contribution in [0.3, 0.4) is 0 Å². The predicted molar refractivity (Wildman–Crippen MR) is 81.6 cm³/mol. The molecule has 2 aliphatic rings. The molecule has 0 bridgehead atoms. The van der Waals surface area contributed by atoms with Gasteiger partial charge in [-0.15, -0.1) is 0 Å².